The van der Waals surface area contributed by atoms with Gasteiger partial charge in [-0.1, -0.05) is 176 Å². The topological polar surface area (TPSA) is 8.17 Å². The minimum atomic E-state index is 1.08. The molecule has 2 heteroatoms. The minimum Gasteiger partial charge on any atom is -0.310 e. The van der Waals surface area contributed by atoms with E-state index in [0.29, 0.717) is 0 Å². The van der Waals surface area contributed by atoms with Gasteiger partial charge in [-0.05, 0) is 93.5 Å². The average molecular weight is 715 g/mol. The van der Waals surface area contributed by atoms with Crippen molar-refractivity contribution in [3.63, 3.8) is 0 Å². The summed E-state index contributed by atoms with van der Waals surface area (Å²) in [5.74, 6) is 0. The van der Waals surface area contributed by atoms with Gasteiger partial charge in [0.05, 0.1) is 16.7 Å². The highest BCUT2D eigenvalue weighted by Crippen LogP contribution is 2.45. The van der Waals surface area contributed by atoms with Gasteiger partial charge in [0.2, 0.25) is 0 Å². The van der Waals surface area contributed by atoms with Crippen LogP contribution in [-0.4, -0.2) is 4.57 Å². The molecule has 10 rings (SSSR count). The average Bonchev–Trinajstić information content (AvgIpc) is 3.62. The lowest BCUT2D eigenvalue weighted by atomic mass is 9.88. The van der Waals surface area contributed by atoms with Crippen molar-refractivity contribution in [2.75, 3.05) is 4.90 Å². The predicted molar refractivity (Wildman–Crippen MR) is 237 cm³/mol. The van der Waals surface area contributed by atoms with Crippen molar-refractivity contribution in [3.8, 4) is 50.2 Å². The lowest BCUT2D eigenvalue weighted by molar-refractivity contribution is 1.17. The Morgan fingerprint density at radius 1 is 0.268 bits per heavy atom. The number of rotatable bonds is 8. The van der Waals surface area contributed by atoms with E-state index in [9.17, 15) is 0 Å². The Morgan fingerprint density at radius 2 is 0.661 bits per heavy atom. The molecule has 0 fully saturated rings. The van der Waals surface area contributed by atoms with E-state index in [0.717, 1.165) is 28.3 Å². The van der Waals surface area contributed by atoms with Crippen LogP contribution in [0, 0.1) is 0 Å². The van der Waals surface area contributed by atoms with E-state index in [-0.39, 0.29) is 0 Å². The molecule has 0 saturated carbocycles. The molecule has 1 heterocycles. The monoisotopic (exact) mass is 714 g/mol. The fourth-order valence-electron chi connectivity index (χ4n) is 8.25. The summed E-state index contributed by atoms with van der Waals surface area (Å²) in [4.78, 5) is 2.40. The van der Waals surface area contributed by atoms with E-state index in [1.165, 1.54) is 60.8 Å². The Hall–Kier alpha value is -7.42. The Labute approximate surface area is 327 Å². The molecule has 0 unspecified atom stereocenters. The summed E-state index contributed by atoms with van der Waals surface area (Å²) >= 11 is 0. The molecule has 0 radical (unpaired) electrons. The van der Waals surface area contributed by atoms with Crippen molar-refractivity contribution >= 4 is 38.9 Å². The summed E-state index contributed by atoms with van der Waals surface area (Å²) in [5.41, 5.74) is 16.3. The van der Waals surface area contributed by atoms with Crippen LogP contribution in [0.3, 0.4) is 0 Å². The fraction of sp³-hybridized carbons (Fsp3) is 0. The lowest BCUT2D eigenvalue weighted by Crippen LogP contribution is -2.11. The Bertz CT molecular complexity index is 2890. The number of para-hydroxylation sites is 3. The van der Waals surface area contributed by atoms with Crippen LogP contribution in [-0.2, 0) is 0 Å². The quantitative estimate of drug-likeness (QED) is 0.152. The number of fused-ring (bicyclic) bond motifs is 3. The molecule has 0 aliphatic heterocycles. The summed E-state index contributed by atoms with van der Waals surface area (Å²) < 4.78 is 2.38. The molecule has 1 aromatic heterocycles. The molecule has 0 amide bonds. The maximum atomic E-state index is 2.40. The largest absolute Gasteiger partial charge is 0.310 e. The van der Waals surface area contributed by atoms with Crippen molar-refractivity contribution in [1.82, 2.24) is 4.57 Å². The molecule has 0 aliphatic rings. The van der Waals surface area contributed by atoms with Crippen LogP contribution < -0.4 is 4.90 Å². The van der Waals surface area contributed by atoms with E-state index >= 15 is 0 Å². The summed E-state index contributed by atoms with van der Waals surface area (Å²) in [7, 11) is 0. The van der Waals surface area contributed by atoms with E-state index in [4.69, 9.17) is 0 Å². The van der Waals surface area contributed by atoms with Crippen molar-refractivity contribution < 1.29 is 0 Å². The third-order valence-electron chi connectivity index (χ3n) is 10.8. The molecule has 0 bridgehead atoms. The third-order valence-corrected chi connectivity index (χ3v) is 10.8. The van der Waals surface area contributed by atoms with Crippen molar-refractivity contribution in [3.05, 3.63) is 231 Å². The van der Waals surface area contributed by atoms with Gasteiger partial charge in [-0.2, -0.15) is 0 Å². The highest BCUT2D eigenvalue weighted by Gasteiger charge is 2.21. The lowest BCUT2D eigenvalue weighted by Gasteiger charge is -2.29. The summed E-state index contributed by atoms with van der Waals surface area (Å²) in [6.07, 6.45) is 0. The van der Waals surface area contributed by atoms with Gasteiger partial charge in [-0.15, -0.1) is 0 Å². The molecular formula is C54H38N2. The normalized spacial score (nSPS) is 11.2. The maximum Gasteiger partial charge on any atom is 0.0541 e. The minimum absolute atomic E-state index is 1.08. The summed E-state index contributed by atoms with van der Waals surface area (Å²) in [5, 5.41) is 2.52. The molecule has 10 aromatic rings. The van der Waals surface area contributed by atoms with Gasteiger partial charge < -0.3 is 9.47 Å². The smallest absolute Gasteiger partial charge is 0.0541 e. The first-order valence-corrected chi connectivity index (χ1v) is 19.2. The molecule has 2 nitrogen and oxygen atoms in total. The van der Waals surface area contributed by atoms with E-state index in [2.05, 4.69) is 240 Å². The number of benzene rings is 9. The fourth-order valence-corrected chi connectivity index (χ4v) is 8.25. The molecule has 0 N–H and O–H groups in total. The van der Waals surface area contributed by atoms with Crippen molar-refractivity contribution in [1.29, 1.82) is 0 Å². The predicted octanol–water partition coefficient (Wildman–Crippen LogP) is 14.9. The molecule has 0 atom stereocenters. The van der Waals surface area contributed by atoms with Crippen LogP contribution in [0.5, 0.6) is 0 Å². The molecule has 56 heavy (non-hydrogen) atoms. The van der Waals surface area contributed by atoms with Crippen LogP contribution in [0.2, 0.25) is 0 Å². The van der Waals surface area contributed by atoms with Crippen molar-refractivity contribution in [2.45, 2.75) is 0 Å². The zero-order valence-corrected chi connectivity index (χ0v) is 30.8. The van der Waals surface area contributed by atoms with Crippen molar-refractivity contribution in [2.24, 2.45) is 0 Å². The van der Waals surface area contributed by atoms with Crippen LogP contribution in [0.15, 0.2) is 231 Å². The first kappa shape index (κ1) is 33.2. The maximum absolute atomic E-state index is 2.40. The molecule has 0 saturated heterocycles. The molecule has 0 aliphatic carbocycles. The number of hydrogen-bond donors (Lipinski definition) is 0. The van der Waals surface area contributed by atoms with E-state index in [1.54, 1.807) is 0 Å². The van der Waals surface area contributed by atoms with Gasteiger partial charge in [-0.3, -0.25) is 0 Å². The van der Waals surface area contributed by atoms with Crippen LogP contribution in [0.4, 0.5) is 17.1 Å². The van der Waals surface area contributed by atoms with Gasteiger partial charge in [0.1, 0.15) is 0 Å². The first-order chi connectivity index (χ1) is 27.8. The van der Waals surface area contributed by atoms with Gasteiger partial charge in [0, 0.05) is 33.4 Å². The molecular weight excluding hydrogens is 677 g/mol. The Morgan fingerprint density at radius 3 is 1.25 bits per heavy atom. The number of aromatic nitrogens is 1. The second kappa shape index (κ2) is 14.4. The van der Waals surface area contributed by atoms with E-state index in [1.807, 2.05) is 0 Å². The van der Waals surface area contributed by atoms with Gasteiger partial charge in [0.25, 0.3) is 0 Å². The standard InChI is InChI=1S/C54H38N2/c1-3-17-39(18-4-1)40-31-33-42(34-32-40)55(43-35-37-44(38-36-43)56-53-29-15-12-26-50(53)51-27-13-16-30-54(51)56)52-28-14-11-25-49(52)48-24-10-9-23-47(48)46-22-8-7-21-45(46)41-19-5-2-6-20-41/h1-38H. The zero-order chi connectivity index (χ0) is 37.3. The zero-order valence-electron chi connectivity index (χ0n) is 30.8. The van der Waals surface area contributed by atoms with Gasteiger partial charge in [0.15, 0.2) is 0 Å². The molecule has 9 aromatic carbocycles. The number of anilines is 3. The van der Waals surface area contributed by atoms with Crippen LogP contribution in [0.1, 0.15) is 0 Å². The SMILES string of the molecule is c1ccc(-c2ccc(N(c3ccc(-n4c5ccccc5c5ccccc54)cc3)c3ccccc3-c3ccccc3-c3ccccc3-c3ccccc3)cc2)cc1. The highest BCUT2D eigenvalue weighted by molar-refractivity contribution is 6.09. The van der Waals surface area contributed by atoms with Crippen LogP contribution >= 0.6 is 0 Å². The Kier molecular flexibility index (Phi) is 8.55. The van der Waals surface area contributed by atoms with Gasteiger partial charge >= 0.3 is 0 Å². The summed E-state index contributed by atoms with van der Waals surface area (Å²) in [6, 6.07) is 83.0. The second-order valence-electron chi connectivity index (χ2n) is 14.1. The van der Waals surface area contributed by atoms with Gasteiger partial charge in [-0.25, -0.2) is 0 Å². The molecule has 0 spiro atoms. The third kappa shape index (κ3) is 5.95. The number of nitrogens with zero attached hydrogens (tertiary/aromatic N) is 2. The highest BCUT2D eigenvalue weighted by atomic mass is 15.1. The summed E-state index contributed by atoms with van der Waals surface area (Å²) in [6.45, 7) is 0. The molecule has 264 valence electrons. The van der Waals surface area contributed by atoms with E-state index < -0.39 is 0 Å². The Balaban J connectivity index is 1.14. The number of hydrogen-bond acceptors (Lipinski definition) is 1. The second-order valence-corrected chi connectivity index (χ2v) is 14.1. The first-order valence-electron chi connectivity index (χ1n) is 19.2. The van der Waals surface area contributed by atoms with Crippen LogP contribution in [0.25, 0.3) is 72.0 Å².